The van der Waals surface area contributed by atoms with Gasteiger partial charge in [0.05, 0.1) is 24.0 Å². The smallest absolute Gasteiger partial charge is 0.341 e. The van der Waals surface area contributed by atoms with Gasteiger partial charge >= 0.3 is 11.9 Å². The van der Waals surface area contributed by atoms with E-state index < -0.39 is 23.8 Å². The number of carbonyl (C=O) groups excluding carboxylic acids is 2. The number of aryl methyl sites for hydroxylation is 1. The molecule has 1 aromatic rings. The van der Waals surface area contributed by atoms with Gasteiger partial charge < -0.3 is 15.2 Å². The minimum Gasteiger partial charge on any atom is -0.481 e. The number of carbonyl (C=O) groups is 3. The molecule has 1 heterocycles. The molecule has 1 aliphatic rings. The second kappa shape index (κ2) is 8.29. The summed E-state index contributed by atoms with van der Waals surface area (Å²) >= 11 is 1.32. The van der Waals surface area contributed by atoms with Crippen molar-refractivity contribution in [3.63, 3.8) is 0 Å². The van der Waals surface area contributed by atoms with Crippen LogP contribution in [-0.4, -0.2) is 29.6 Å². The summed E-state index contributed by atoms with van der Waals surface area (Å²) in [6, 6.07) is 0. The molecule has 2 rings (SSSR count). The zero-order valence-corrected chi connectivity index (χ0v) is 15.4. The fourth-order valence-corrected chi connectivity index (χ4v) is 4.23. The Morgan fingerprint density at radius 3 is 2.44 bits per heavy atom. The summed E-state index contributed by atoms with van der Waals surface area (Å²) in [5.41, 5.74) is 1.25. The molecule has 1 amide bonds. The number of hydrogen-bond donors (Lipinski definition) is 2. The number of allylic oxidation sites excluding steroid dienone is 2. The van der Waals surface area contributed by atoms with E-state index in [2.05, 4.69) is 5.32 Å². The van der Waals surface area contributed by atoms with Gasteiger partial charge in [-0.15, -0.1) is 11.3 Å². The highest BCUT2D eigenvalue weighted by molar-refractivity contribution is 7.16. The number of nitrogens with one attached hydrogen (secondary N) is 1. The minimum absolute atomic E-state index is 0.249. The normalized spacial score (nSPS) is 19.5. The highest BCUT2D eigenvalue weighted by Crippen LogP contribution is 2.35. The van der Waals surface area contributed by atoms with Crippen molar-refractivity contribution in [2.75, 3.05) is 11.9 Å². The van der Waals surface area contributed by atoms with E-state index >= 15 is 0 Å². The minimum atomic E-state index is -0.980. The van der Waals surface area contributed by atoms with Crippen molar-refractivity contribution in [1.82, 2.24) is 0 Å². The summed E-state index contributed by atoms with van der Waals surface area (Å²) < 4.78 is 5.12. The molecule has 0 bridgehead atoms. The lowest BCUT2D eigenvalue weighted by atomic mass is 9.82. The van der Waals surface area contributed by atoms with Gasteiger partial charge in [0.25, 0.3) is 0 Å². The third-order valence-electron chi connectivity index (χ3n) is 4.37. The van der Waals surface area contributed by atoms with Crippen LogP contribution in [0.2, 0.25) is 0 Å². The van der Waals surface area contributed by atoms with Crippen LogP contribution in [0.25, 0.3) is 0 Å². The lowest BCUT2D eigenvalue weighted by molar-refractivity contribution is -0.146. The number of carboxylic acid groups (broad SMARTS) is 1. The molecule has 0 unspecified atom stereocenters. The van der Waals surface area contributed by atoms with Crippen LogP contribution in [0.1, 0.15) is 47.5 Å². The lowest BCUT2D eigenvalue weighted by Crippen LogP contribution is -2.34. The van der Waals surface area contributed by atoms with E-state index in [1.165, 1.54) is 11.3 Å². The molecule has 0 fully saturated rings. The van der Waals surface area contributed by atoms with E-state index in [4.69, 9.17) is 4.74 Å². The zero-order chi connectivity index (χ0) is 18.6. The molecule has 0 aromatic carbocycles. The number of rotatable bonds is 6. The summed E-state index contributed by atoms with van der Waals surface area (Å²) in [6.45, 7) is 5.81. The predicted octanol–water partition coefficient (Wildman–Crippen LogP) is 3.40. The van der Waals surface area contributed by atoms with Crippen LogP contribution in [0.3, 0.4) is 0 Å². The molecule has 6 nitrogen and oxygen atoms in total. The Hall–Kier alpha value is -2.15. The van der Waals surface area contributed by atoms with Crippen LogP contribution < -0.4 is 5.32 Å². The second-order valence-corrected chi connectivity index (χ2v) is 7.12. The Bertz CT molecular complexity index is 707. The topological polar surface area (TPSA) is 92.7 Å². The van der Waals surface area contributed by atoms with E-state index in [9.17, 15) is 19.5 Å². The Kier molecular flexibility index (Phi) is 6.36. The number of aliphatic carboxylic acids is 1. The fourth-order valence-electron chi connectivity index (χ4n) is 3.09. The molecule has 0 aliphatic heterocycles. The van der Waals surface area contributed by atoms with Crippen molar-refractivity contribution in [1.29, 1.82) is 0 Å². The Morgan fingerprint density at radius 1 is 1.24 bits per heavy atom. The number of thiophene rings is 1. The number of ether oxygens (including phenoxy) is 1. The van der Waals surface area contributed by atoms with Gasteiger partial charge in [0, 0.05) is 4.88 Å². The molecule has 136 valence electrons. The zero-order valence-electron chi connectivity index (χ0n) is 14.6. The number of esters is 1. The van der Waals surface area contributed by atoms with E-state index in [1.54, 1.807) is 13.0 Å². The monoisotopic (exact) mass is 365 g/mol. The third-order valence-corrected chi connectivity index (χ3v) is 5.43. The predicted molar refractivity (Wildman–Crippen MR) is 96.0 cm³/mol. The van der Waals surface area contributed by atoms with Crippen molar-refractivity contribution in [2.45, 2.75) is 40.0 Å². The molecule has 0 spiro atoms. The first kappa shape index (κ1) is 19.2. The van der Waals surface area contributed by atoms with Gasteiger partial charge in [-0.25, -0.2) is 4.79 Å². The van der Waals surface area contributed by atoms with E-state index in [1.807, 2.05) is 19.9 Å². The van der Waals surface area contributed by atoms with Crippen LogP contribution in [-0.2, 0) is 20.7 Å². The number of carboxylic acids is 1. The number of amides is 1. The van der Waals surface area contributed by atoms with Crippen LogP contribution in [0.5, 0.6) is 0 Å². The lowest BCUT2D eigenvalue weighted by Gasteiger charge is -2.24. The SMILES string of the molecule is CCOC(=O)c1c(NC(=O)[C@H]2CC=CC[C@H]2C(=O)O)sc(C)c1CC. The Balaban J connectivity index is 2.30. The summed E-state index contributed by atoms with van der Waals surface area (Å²) in [5, 5.41) is 12.6. The van der Waals surface area contributed by atoms with Crippen LogP contribution in [0.15, 0.2) is 12.2 Å². The van der Waals surface area contributed by atoms with Crippen molar-refractivity contribution in [2.24, 2.45) is 11.8 Å². The molecule has 7 heteroatoms. The first-order valence-corrected chi connectivity index (χ1v) is 9.20. The second-order valence-electron chi connectivity index (χ2n) is 5.90. The van der Waals surface area contributed by atoms with Crippen molar-refractivity contribution < 1.29 is 24.2 Å². The van der Waals surface area contributed by atoms with Gasteiger partial charge in [-0.2, -0.15) is 0 Å². The molecule has 1 aromatic heterocycles. The molecular weight excluding hydrogens is 342 g/mol. The van der Waals surface area contributed by atoms with Gasteiger partial charge in [0.15, 0.2) is 0 Å². The van der Waals surface area contributed by atoms with Gasteiger partial charge in [0.1, 0.15) is 5.00 Å². The molecule has 2 atom stereocenters. The number of anilines is 1. The third kappa shape index (κ3) is 4.10. The highest BCUT2D eigenvalue weighted by Gasteiger charge is 2.35. The quantitative estimate of drug-likeness (QED) is 0.595. The molecule has 2 N–H and O–H groups in total. The van der Waals surface area contributed by atoms with Crippen LogP contribution >= 0.6 is 11.3 Å². The summed E-state index contributed by atoms with van der Waals surface area (Å²) in [5.74, 6) is -3.21. The summed E-state index contributed by atoms with van der Waals surface area (Å²) in [6.07, 6.45) is 4.98. The maximum atomic E-state index is 12.7. The van der Waals surface area contributed by atoms with E-state index in [0.717, 1.165) is 10.4 Å². The first-order chi connectivity index (χ1) is 11.9. The highest BCUT2D eigenvalue weighted by atomic mass is 32.1. The Labute approximate surface area is 150 Å². The molecular formula is C18H23NO5S. The summed E-state index contributed by atoms with van der Waals surface area (Å²) in [7, 11) is 0. The average Bonchev–Trinajstić information content (AvgIpc) is 2.90. The molecule has 0 saturated carbocycles. The first-order valence-electron chi connectivity index (χ1n) is 8.38. The van der Waals surface area contributed by atoms with Crippen molar-refractivity contribution >= 4 is 34.2 Å². The maximum absolute atomic E-state index is 12.7. The molecule has 0 radical (unpaired) electrons. The summed E-state index contributed by atoms with van der Waals surface area (Å²) in [4.78, 5) is 37.3. The fraction of sp³-hybridized carbons (Fsp3) is 0.500. The van der Waals surface area contributed by atoms with Gasteiger partial charge in [-0.3, -0.25) is 9.59 Å². The van der Waals surface area contributed by atoms with Crippen molar-refractivity contribution in [3.05, 3.63) is 28.2 Å². The number of hydrogen-bond acceptors (Lipinski definition) is 5. The van der Waals surface area contributed by atoms with Crippen LogP contribution in [0, 0.1) is 18.8 Å². The standard InChI is InChI=1S/C18H23NO5S/c1-4-11-10(3)25-16(14(11)18(23)24-5-2)19-15(20)12-8-6-7-9-13(12)17(21)22/h6-7,12-13H,4-5,8-9H2,1-3H3,(H,19,20)(H,21,22)/t12-,13+/m0/s1. The Morgan fingerprint density at radius 2 is 1.88 bits per heavy atom. The van der Waals surface area contributed by atoms with Gasteiger partial charge in [0.2, 0.25) is 5.91 Å². The van der Waals surface area contributed by atoms with E-state index in [-0.39, 0.29) is 12.5 Å². The average molecular weight is 365 g/mol. The molecule has 0 saturated heterocycles. The van der Waals surface area contributed by atoms with Crippen molar-refractivity contribution in [3.8, 4) is 0 Å². The van der Waals surface area contributed by atoms with Gasteiger partial charge in [-0.05, 0) is 38.7 Å². The maximum Gasteiger partial charge on any atom is 0.341 e. The van der Waals surface area contributed by atoms with E-state index in [0.29, 0.717) is 29.8 Å². The molecule has 25 heavy (non-hydrogen) atoms. The largest absolute Gasteiger partial charge is 0.481 e. The molecule has 1 aliphatic carbocycles. The van der Waals surface area contributed by atoms with Gasteiger partial charge in [-0.1, -0.05) is 19.1 Å². The van der Waals surface area contributed by atoms with Crippen LogP contribution in [0.4, 0.5) is 5.00 Å².